The van der Waals surface area contributed by atoms with Gasteiger partial charge in [-0.3, -0.25) is 4.99 Å². The van der Waals surface area contributed by atoms with Crippen molar-refractivity contribution in [2.24, 2.45) is 4.99 Å². The first-order valence-electron chi connectivity index (χ1n) is 10.6. The van der Waals surface area contributed by atoms with Gasteiger partial charge in [0.05, 0.1) is 0 Å². The zero-order valence-corrected chi connectivity index (χ0v) is 21.1. The highest BCUT2D eigenvalue weighted by atomic mass is 28.5. The van der Waals surface area contributed by atoms with Crippen LogP contribution in [0.5, 0.6) is 5.75 Å². The van der Waals surface area contributed by atoms with Gasteiger partial charge in [0, 0.05) is 44.2 Å². The van der Waals surface area contributed by atoms with E-state index >= 15 is 0 Å². The van der Waals surface area contributed by atoms with Crippen LogP contribution in [0.1, 0.15) is 53.5 Å². The number of aromatic hydroxyl groups is 1. The first-order valence-corrected chi connectivity index (χ1v) is 14.2. The average molecular weight is 460 g/mol. The molecule has 0 fully saturated rings. The van der Waals surface area contributed by atoms with Gasteiger partial charge < -0.3 is 31.4 Å². The normalized spacial score (nSPS) is 13.8. The molecule has 8 nitrogen and oxygen atoms in total. The molecule has 0 aliphatic carbocycles. The highest BCUT2D eigenvalue weighted by Crippen LogP contribution is 2.27. The Kier molecular flexibility index (Phi) is 12.6. The van der Waals surface area contributed by atoms with Crippen LogP contribution in [-0.4, -0.2) is 61.8 Å². The Bertz CT molecular complexity index is 610. The highest BCUT2D eigenvalue weighted by Gasteiger charge is 2.57. The van der Waals surface area contributed by atoms with Crippen LogP contribution in [-0.2, 0) is 26.2 Å². The van der Waals surface area contributed by atoms with Gasteiger partial charge in [-0.1, -0.05) is 25.5 Å². The van der Waals surface area contributed by atoms with Gasteiger partial charge in [-0.25, -0.2) is 0 Å². The van der Waals surface area contributed by atoms with Crippen molar-refractivity contribution in [3.8, 4) is 5.75 Å². The van der Waals surface area contributed by atoms with E-state index in [1.165, 1.54) is 0 Å². The minimum absolute atomic E-state index is 0.143. The van der Waals surface area contributed by atoms with E-state index in [9.17, 15) is 5.11 Å². The minimum atomic E-state index is -3.62. The highest BCUT2D eigenvalue weighted by molar-refractivity contribution is 6.72. The minimum Gasteiger partial charge on any atom is -0.507 e. The molecular formula is C20H37NO7Si2. The number of rotatable bonds is 16. The molecule has 0 bridgehead atoms. The number of benzene rings is 1. The summed E-state index contributed by atoms with van der Waals surface area (Å²) < 4.78 is 36.4. The molecule has 0 aliphatic heterocycles. The smallest absolute Gasteiger partial charge is 0.507 e. The molecule has 30 heavy (non-hydrogen) atoms. The van der Waals surface area contributed by atoms with Crippen molar-refractivity contribution in [2.75, 3.05) is 26.4 Å². The summed E-state index contributed by atoms with van der Waals surface area (Å²) in [5, 5.41) is 9.93. The maximum absolute atomic E-state index is 9.93. The molecule has 0 radical (unpaired) electrons. The van der Waals surface area contributed by atoms with Gasteiger partial charge in [-0.05, 0) is 46.8 Å². The van der Waals surface area contributed by atoms with Crippen molar-refractivity contribution < 1.29 is 31.4 Å². The summed E-state index contributed by atoms with van der Waals surface area (Å²) in [6.07, 6.45) is 1.75. The zero-order valence-electron chi connectivity index (χ0n) is 19.1. The van der Waals surface area contributed by atoms with Crippen LogP contribution in [0.25, 0.3) is 0 Å². The van der Waals surface area contributed by atoms with E-state index in [2.05, 4.69) is 4.99 Å². The Morgan fingerprint density at radius 1 is 0.933 bits per heavy atom. The zero-order chi connectivity index (χ0) is 22.5. The number of hydrogen-bond donors (Lipinski definition) is 1. The van der Waals surface area contributed by atoms with Gasteiger partial charge in [-0.2, -0.15) is 0 Å². The Morgan fingerprint density at radius 2 is 1.50 bits per heavy atom. The van der Waals surface area contributed by atoms with Crippen LogP contribution in [0.3, 0.4) is 0 Å². The summed E-state index contributed by atoms with van der Waals surface area (Å²) >= 11 is 0. The van der Waals surface area contributed by atoms with E-state index in [0.717, 1.165) is 6.42 Å². The second kappa shape index (κ2) is 14.0. The summed E-state index contributed by atoms with van der Waals surface area (Å²) in [6, 6.07) is 7.57. The molecule has 0 aromatic heterocycles. The van der Waals surface area contributed by atoms with Crippen LogP contribution in [0, 0.1) is 0 Å². The molecule has 1 unspecified atom stereocenters. The van der Waals surface area contributed by atoms with Crippen molar-refractivity contribution in [1.29, 1.82) is 0 Å². The molecule has 0 amide bonds. The lowest BCUT2D eigenvalue weighted by Gasteiger charge is -2.37. The van der Waals surface area contributed by atoms with Crippen LogP contribution < -0.4 is 0 Å². The first-order chi connectivity index (χ1) is 14.4. The first kappa shape index (κ1) is 26.9. The summed E-state index contributed by atoms with van der Waals surface area (Å²) in [6.45, 7) is 12.9. The van der Waals surface area contributed by atoms with E-state index in [1.807, 2.05) is 40.7 Å². The fraction of sp³-hybridized carbons (Fsp3) is 0.650. The number of nitrogens with zero attached hydrogens (tertiary/aromatic N) is 1. The summed E-state index contributed by atoms with van der Waals surface area (Å²) in [5.74, 6) is 0.143. The third-order valence-electron chi connectivity index (χ3n) is 3.88. The molecule has 1 rings (SSSR count). The lowest BCUT2D eigenvalue weighted by molar-refractivity contribution is -0.0398. The van der Waals surface area contributed by atoms with Crippen molar-refractivity contribution in [3.63, 3.8) is 0 Å². The van der Waals surface area contributed by atoms with Crippen LogP contribution >= 0.6 is 0 Å². The molecule has 10 heteroatoms. The lowest BCUT2D eigenvalue weighted by Crippen LogP contribution is -2.61. The van der Waals surface area contributed by atoms with Crippen LogP contribution in [0.2, 0.25) is 6.04 Å². The maximum Gasteiger partial charge on any atom is 0.673 e. The molecule has 0 spiro atoms. The molecule has 1 atom stereocenters. The van der Waals surface area contributed by atoms with Gasteiger partial charge in [0.1, 0.15) is 12.0 Å². The topological polar surface area (TPSA) is 88.0 Å². The monoisotopic (exact) mass is 459 g/mol. The Balaban J connectivity index is 3.13. The Hall–Kier alpha value is -1.12. The number of aliphatic imine (C=N–C) groups is 1. The van der Waals surface area contributed by atoms with Crippen molar-refractivity contribution in [1.82, 2.24) is 0 Å². The maximum atomic E-state index is 9.93. The fourth-order valence-corrected chi connectivity index (χ4v) is 9.14. The number of para-hydroxylation sites is 1. The predicted molar refractivity (Wildman–Crippen MR) is 120 cm³/mol. The van der Waals surface area contributed by atoms with Gasteiger partial charge in [0.15, 0.2) is 0 Å². The molecule has 172 valence electrons. The van der Waals surface area contributed by atoms with E-state index in [4.69, 9.17) is 26.2 Å². The van der Waals surface area contributed by atoms with Gasteiger partial charge in [0.25, 0.3) is 0 Å². The quantitative estimate of drug-likeness (QED) is 0.294. The van der Waals surface area contributed by atoms with E-state index in [1.54, 1.807) is 31.3 Å². The SMILES string of the molecule is CCC[Si](OCC)(OCC)O[Si](OCC)(OCC)OC(C)N=Cc1ccccc1O. The molecule has 1 N–H and O–H groups in total. The second-order valence-corrected chi connectivity index (χ2v) is 11.4. The largest absolute Gasteiger partial charge is 0.673 e. The van der Waals surface area contributed by atoms with E-state index in [0.29, 0.717) is 38.0 Å². The Labute approximate surface area is 183 Å². The molecule has 0 saturated carbocycles. The summed E-state index contributed by atoms with van der Waals surface area (Å²) in [5.41, 5.74) is 0.590. The summed E-state index contributed by atoms with van der Waals surface area (Å²) in [4.78, 5) is 4.39. The molecule has 0 aliphatic rings. The third-order valence-corrected chi connectivity index (χ3v) is 10.6. The molecule has 0 heterocycles. The van der Waals surface area contributed by atoms with Crippen LogP contribution in [0.4, 0.5) is 0 Å². The molecule has 1 aromatic carbocycles. The summed E-state index contributed by atoms with van der Waals surface area (Å²) in [7, 11) is -6.70. The molecule has 0 saturated heterocycles. The predicted octanol–water partition coefficient (Wildman–Crippen LogP) is 4.12. The lowest BCUT2D eigenvalue weighted by atomic mass is 10.2. The van der Waals surface area contributed by atoms with E-state index < -0.39 is 24.1 Å². The number of hydrogen-bond acceptors (Lipinski definition) is 8. The molecule has 1 aromatic rings. The standard InChI is InChI=1S/C20H37NO7Si2/c1-7-16-29(23-8-2,24-9-3)28-30(25-10-4,26-11-5)27-18(6)21-17-19-14-12-13-15-20(19)22/h12-15,17-18,22H,7-11,16H2,1-6H3. The number of phenols is 1. The average Bonchev–Trinajstić information content (AvgIpc) is 2.68. The Morgan fingerprint density at radius 3 is 2.00 bits per heavy atom. The number of phenolic OH excluding ortho intramolecular Hbond substituents is 1. The van der Waals surface area contributed by atoms with Gasteiger partial charge in [-0.15, -0.1) is 0 Å². The van der Waals surface area contributed by atoms with Crippen molar-refractivity contribution in [3.05, 3.63) is 29.8 Å². The van der Waals surface area contributed by atoms with E-state index in [-0.39, 0.29) is 5.75 Å². The molecular weight excluding hydrogens is 422 g/mol. The van der Waals surface area contributed by atoms with Crippen molar-refractivity contribution >= 4 is 24.1 Å². The van der Waals surface area contributed by atoms with Gasteiger partial charge >= 0.3 is 17.9 Å². The van der Waals surface area contributed by atoms with Crippen molar-refractivity contribution in [2.45, 2.75) is 60.2 Å². The third kappa shape index (κ3) is 8.56. The van der Waals surface area contributed by atoms with Gasteiger partial charge in [0.2, 0.25) is 0 Å². The van der Waals surface area contributed by atoms with Crippen LogP contribution in [0.15, 0.2) is 29.3 Å². The second-order valence-electron chi connectivity index (χ2n) is 6.32. The fourth-order valence-electron chi connectivity index (χ4n) is 2.80.